The molecule has 1 aliphatic carbocycles. The van der Waals surface area contributed by atoms with Crippen molar-refractivity contribution in [2.75, 3.05) is 4.90 Å². The summed E-state index contributed by atoms with van der Waals surface area (Å²) >= 11 is 0. The largest absolute Gasteiger partial charge is 0.336 e. The number of carbonyl (C=O) groups is 1. The fourth-order valence-corrected chi connectivity index (χ4v) is 3.79. The number of hydrogen-bond acceptors (Lipinski definition) is 5. The summed E-state index contributed by atoms with van der Waals surface area (Å²) < 4.78 is 0. The molecule has 6 heteroatoms. The van der Waals surface area contributed by atoms with Gasteiger partial charge in [0, 0.05) is 22.7 Å². The number of nitrogens with two attached hydrogens (primary N) is 1. The molecule has 1 aliphatic heterocycles. The maximum absolute atomic E-state index is 11.9. The maximum Gasteiger partial charge on any atom is 0.276 e. The van der Waals surface area contributed by atoms with Gasteiger partial charge in [0.15, 0.2) is 0 Å². The second-order valence-electron chi connectivity index (χ2n) is 7.19. The smallest absolute Gasteiger partial charge is 0.276 e. The fourth-order valence-electron chi connectivity index (χ4n) is 3.79. The third-order valence-electron chi connectivity index (χ3n) is 5.28. The first-order valence-electron chi connectivity index (χ1n) is 9.59. The van der Waals surface area contributed by atoms with Crippen LogP contribution in [0.2, 0.25) is 0 Å². The number of aliphatic imine (C=N–C) groups is 1. The van der Waals surface area contributed by atoms with Crippen LogP contribution in [0.5, 0.6) is 0 Å². The van der Waals surface area contributed by atoms with Gasteiger partial charge in [-0.15, -0.1) is 0 Å². The molecule has 5 rings (SSSR count). The van der Waals surface area contributed by atoms with Gasteiger partial charge in [-0.3, -0.25) is 4.79 Å². The maximum atomic E-state index is 11.9. The van der Waals surface area contributed by atoms with E-state index < -0.39 is 5.91 Å². The molecule has 29 heavy (non-hydrogen) atoms. The average Bonchev–Trinajstić information content (AvgIpc) is 3.59. The van der Waals surface area contributed by atoms with Crippen molar-refractivity contribution in [3.63, 3.8) is 0 Å². The van der Waals surface area contributed by atoms with E-state index >= 15 is 0 Å². The van der Waals surface area contributed by atoms with Crippen molar-refractivity contribution < 1.29 is 9.73 Å². The van der Waals surface area contributed by atoms with Crippen molar-refractivity contribution in [2.24, 2.45) is 10.9 Å². The van der Waals surface area contributed by atoms with E-state index in [0.29, 0.717) is 11.6 Å². The lowest BCUT2D eigenvalue weighted by molar-refractivity contribution is 0.0310. The zero-order valence-corrected chi connectivity index (χ0v) is 15.7. The second-order valence-corrected chi connectivity index (χ2v) is 7.19. The van der Waals surface area contributed by atoms with Crippen molar-refractivity contribution in [3.05, 3.63) is 89.5 Å². The van der Waals surface area contributed by atoms with Gasteiger partial charge in [-0.25, -0.2) is 10.5 Å². The second kappa shape index (κ2) is 7.16. The van der Waals surface area contributed by atoms with Gasteiger partial charge in [-0.05, 0) is 43.2 Å². The number of benzene rings is 3. The predicted molar refractivity (Wildman–Crippen MR) is 113 cm³/mol. The molecular formula is C23H20N4O2. The summed E-state index contributed by atoms with van der Waals surface area (Å²) in [4.78, 5) is 23.6. The fraction of sp³-hybridized carbons (Fsp3) is 0.130. The SMILES string of the molecule is NONC(=O)c1ccc(C2=Nc3ccccc3N(C3CC3)c3ccccc32)cc1. The first-order valence-corrected chi connectivity index (χ1v) is 9.59. The van der Waals surface area contributed by atoms with E-state index in [-0.39, 0.29) is 0 Å². The summed E-state index contributed by atoms with van der Waals surface area (Å²) in [5.74, 6) is 4.52. The highest BCUT2D eigenvalue weighted by Gasteiger charge is 2.34. The van der Waals surface area contributed by atoms with Crippen LogP contribution in [0.4, 0.5) is 17.1 Å². The molecule has 0 unspecified atom stereocenters. The summed E-state index contributed by atoms with van der Waals surface area (Å²) in [7, 11) is 0. The van der Waals surface area contributed by atoms with Crippen molar-refractivity contribution in [1.82, 2.24) is 5.48 Å². The standard InChI is InChI=1S/C23H20N4O2/c24-29-26-23(28)16-11-9-15(10-12-16)22-18-5-1-3-7-20(18)27(17-13-14-17)21-8-4-2-6-19(21)25-22/h1-12,17H,13-14,24H2,(H,26,28). The molecular weight excluding hydrogens is 364 g/mol. The summed E-state index contributed by atoms with van der Waals surface area (Å²) in [6.45, 7) is 0. The first-order chi connectivity index (χ1) is 14.3. The van der Waals surface area contributed by atoms with E-state index in [1.165, 1.54) is 12.8 Å². The monoisotopic (exact) mass is 384 g/mol. The Kier molecular flexibility index (Phi) is 4.35. The van der Waals surface area contributed by atoms with Crippen molar-refractivity contribution >= 4 is 28.7 Å². The number of nitrogens with zero attached hydrogens (tertiary/aromatic N) is 2. The Labute approximate surface area is 168 Å². The van der Waals surface area contributed by atoms with Gasteiger partial charge in [0.1, 0.15) is 0 Å². The van der Waals surface area contributed by atoms with E-state index in [0.717, 1.165) is 33.9 Å². The zero-order valence-electron chi connectivity index (χ0n) is 15.7. The minimum atomic E-state index is -0.396. The molecule has 6 nitrogen and oxygen atoms in total. The number of hydrogen-bond donors (Lipinski definition) is 2. The number of hydroxylamine groups is 1. The number of amides is 1. The van der Waals surface area contributed by atoms with E-state index in [9.17, 15) is 4.79 Å². The van der Waals surface area contributed by atoms with Gasteiger partial charge >= 0.3 is 0 Å². The Morgan fingerprint density at radius 3 is 2.38 bits per heavy atom. The van der Waals surface area contributed by atoms with Gasteiger partial charge < -0.3 is 4.90 Å². The molecule has 0 bridgehead atoms. The predicted octanol–water partition coefficient (Wildman–Crippen LogP) is 4.00. The molecule has 2 aliphatic rings. The Morgan fingerprint density at radius 2 is 1.66 bits per heavy atom. The van der Waals surface area contributed by atoms with Gasteiger partial charge in [0.2, 0.25) is 0 Å². The quantitative estimate of drug-likeness (QED) is 0.666. The normalized spacial score (nSPS) is 15.1. The van der Waals surface area contributed by atoms with Crippen LogP contribution in [0.1, 0.15) is 34.3 Å². The van der Waals surface area contributed by atoms with Crippen LogP contribution in [0.3, 0.4) is 0 Å². The van der Waals surface area contributed by atoms with Gasteiger partial charge in [0.05, 0.1) is 22.8 Å². The van der Waals surface area contributed by atoms with Crippen LogP contribution in [-0.2, 0) is 4.94 Å². The summed E-state index contributed by atoms with van der Waals surface area (Å²) in [5.41, 5.74) is 8.74. The molecule has 1 saturated carbocycles. The first kappa shape index (κ1) is 17.6. The summed E-state index contributed by atoms with van der Waals surface area (Å²) in [6, 6.07) is 24.4. The van der Waals surface area contributed by atoms with E-state index in [1.807, 2.05) is 24.3 Å². The summed E-state index contributed by atoms with van der Waals surface area (Å²) in [5, 5.41) is 0. The lowest BCUT2D eigenvalue weighted by Crippen LogP contribution is -2.26. The number of rotatable bonds is 4. The molecule has 0 spiro atoms. The zero-order chi connectivity index (χ0) is 19.8. The van der Waals surface area contributed by atoms with Crippen LogP contribution in [-0.4, -0.2) is 17.7 Å². The molecule has 0 atom stereocenters. The van der Waals surface area contributed by atoms with Gasteiger partial charge in [-0.2, -0.15) is 10.8 Å². The highest BCUT2D eigenvalue weighted by molar-refractivity contribution is 6.19. The minimum Gasteiger partial charge on any atom is -0.336 e. The molecule has 0 aromatic heterocycles. The molecule has 3 aromatic rings. The number of nitrogens with one attached hydrogen (secondary N) is 1. The Bertz CT molecular complexity index is 1100. The van der Waals surface area contributed by atoms with E-state index in [4.69, 9.17) is 10.9 Å². The number of para-hydroxylation sites is 3. The highest BCUT2D eigenvalue weighted by Crippen LogP contribution is 2.46. The van der Waals surface area contributed by atoms with Crippen LogP contribution in [0.15, 0.2) is 77.8 Å². The third-order valence-corrected chi connectivity index (χ3v) is 5.28. The Morgan fingerprint density at radius 1 is 0.966 bits per heavy atom. The Balaban J connectivity index is 1.65. The Hall–Kier alpha value is -3.48. The van der Waals surface area contributed by atoms with Crippen molar-refractivity contribution in [3.8, 4) is 0 Å². The topological polar surface area (TPSA) is 79.9 Å². The molecule has 1 fully saturated rings. The highest BCUT2D eigenvalue weighted by atomic mass is 16.8. The average molecular weight is 384 g/mol. The van der Waals surface area contributed by atoms with Crippen LogP contribution >= 0.6 is 0 Å². The van der Waals surface area contributed by atoms with Crippen LogP contribution < -0.4 is 16.3 Å². The number of fused-ring (bicyclic) bond motifs is 2. The lowest BCUT2D eigenvalue weighted by atomic mass is 9.99. The molecule has 1 heterocycles. The molecule has 1 amide bonds. The van der Waals surface area contributed by atoms with Crippen molar-refractivity contribution in [1.29, 1.82) is 0 Å². The van der Waals surface area contributed by atoms with Gasteiger partial charge in [-0.1, -0.05) is 42.5 Å². The number of carbonyl (C=O) groups excluding carboxylic acids is 1. The third kappa shape index (κ3) is 3.18. The molecule has 144 valence electrons. The number of anilines is 2. The van der Waals surface area contributed by atoms with Gasteiger partial charge in [0.25, 0.3) is 5.91 Å². The van der Waals surface area contributed by atoms with Crippen LogP contribution in [0.25, 0.3) is 0 Å². The van der Waals surface area contributed by atoms with Crippen LogP contribution in [0, 0.1) is 0 Å². The molecule has 0 saturated heterocycles. The van der Waals surface area contributed by atoms with E-state index in [1.54, 1.807) is 12.1 Å². The molecule has 3 N–H and O–H groups in total. The summed E-state index contributed by atoms with van der Waals surface area (Å²) in [6.07, 6.45) is 2.37. The van der Waals surface area contributed by atoms with E-state index in [2.05, 4.69) is 51.7 Å². The minimum absolute atomic E-state index is 0.396. The molecule has 0 radical (unpaired) electrons. The lowest BCUT2D eigenvalue weighted by Gasteiger charge is -2.26. The van der Waals surface area contributed by atoms with Crippen molar-refractivity contribution in [2.45, 2.75) is 18.9 Å². The molecule has 3 aromatic carbocycles.